The number of benzene rings is 2. The number of anilines is 1. The van der Waals surface area contributed by atoms with Gasteiger partial charge in [0.2, 0.25) is 5.13 Å². The Bertz CT molecular complexity index is 902. The molecular formula is C16H12N4S. The minimum atomic E-state index is 0.798. The van der Waals surface area contributed by atoms with Gasteiger partial charge >= 0.3 is 0 Å². The van der Waals surface area contributed by atoms with Gasteiger partial charge in [0.25, 0.3) is 0 Å². The summed E-state index contributed by atoms with van der Waals surface area (Å²) in [6.45, 7) is 0. The molecule has 102 valence electrons. The molecule has 0 atom stereocenters. The number of rotatable bonds is 3. The van der Waals surface area contributed by atoms with Crippen molar-refractivity contribution in [3.63, 3.8) is 0 Å². The lowest BCUT2D eigenvalue weighted by molar-refractivity contribution is 1.31. The van der Waals surface area contributed by atoms with Crippen molar-refractivity contribution in [2.45, 2.75) is 0 Å². The molecule has 0 aliphatic heterocycles. The van der Waals surface area contributed by atoms with E-state index in [-0.39, 0.29) is 0 Å². The fraction of sp³-hybridized carbons (Fsp3) is 0. The van der Waals surface area contributed by atoms with E-state index in [0.717, 1.165) is 31.8 Å². The second kappa shape index (κ2) is 5.03. The van der Waals surface area contributed by atoms with Crippen LogP contribution in [0.4, 0.5) is 5.13 Å². The molecule has 0 aliphatic rings. The second-order valence-electron chi connectivity index (χ2n) is 4.65. The van der Waals surface area contributed by atoms with Crippen LogP contribution in [0.2, 0.25) is 0 Å². The van der Waals surface area contributed by atoms with Crippen LogP contribution in [0, 0.1) is 0 Å². The number of nitrogens with zero attached hydrogens (tertiary/aromatic N) is 2. The maximum Gasteiger partial charge on any atom is 0.204 e. The summed E-state index contributed by atoms with van der Waals surface area (Å²) >= 11 is 1.59. The largest absolute Gasteiger partial charge is 0.361 e. The van der Waals surface area contributed by atoms with E-state index in [1.54, 1.807) is 11.3 Å². The van der Waals surface area contributed by atoms with Gasteiger partial charge in [-0.1, -0.05) is 41.7 Å². The van der Waals surface area contributed by atoms with Crippen LogP contribution < -0.4 is 5.43 Å². The van der Waals surface area contributed by atoms with Crippen molar-refractivity contribution >= 4 is 43.8 Å². The summed E-state index contributed by atoms with van der Waals surface area (Å²) in [7, 11) is 0. The summed E-state index contributed by atoms with van der Waals surface area (Å²) in [5, 5.41) is 6.24. The summed E-state index contributed by atoms with van der Waals surface area (Å²) in [5.74, 6) is 0. The van der Waals surface area contributed by atoms with Crippen LogP contribution in [0.15, 0.2) is 59.8 Å². The van der Waals surface area contributed by atoms with Gasteiger partial charge in [-0.2, -0.15) is 5.10 Å². The van der Waals surface area contributed by atoms with Gasteiger partial charge in [-0.05, 0) is 18.2 Å². The van der Waals surface area contributed by atoms with E-state index in [2.05, 4.69) is 32.6 Å². The third-order valence-corrected chi connectivity index (χ3v) is 4.22. The number of hydrogen-bond acceptors (Lipinski definition) is 4. The van der Waals surface area contributed by atoms with E-state index in [4.69, 9.17) is 0 Å². The Morgan fingerprint density at radius 3 is 2.90 bits per heavy atom. The van der Waals surface area contributed by atoms with E-state index < -0.39 is 0 Å². The Labute approximate surface area is 125 Å². The zero-order valence-corrected chi connectivity index (χ0v) is 11.9. The van der Waals surface area contributed by atoms with E-state index in [1.165, 1.54) is 0 Å². The molecule has 2 aromatic carbocycles. The average Bonchev–Trinajstić information content (AvgIpc) is 3.11. The number of thiazole rings is 1. The van der Waals surface area contributed by atoms with Crippen LogP contribution in [-0.4, -0.2) is 16.2 Å². The van der Waals surface area contributed by atoms with Crippen LogP contribution >= 0.6 is 11.3 Å². The molecule has 0 unspecified atom stereocenters. The van der Waals surface area contributed by atoms with Crippen molar-refractivity contribution in [1.82, 2.24) is 9.97 Å². The first-order valence-corrected chi connectivity index (χ1v) is 7.42. The highest BCUT2D eigenvalue weighted by molar-refractivity contribution is 7.22. The summed E-state index contributed by atoms with van der Waals surface area (Å²) in [5.41, 5.74) is 6.16. The van der Waals surface area contributed by atoms with Crippen molar-refractivity contribution in [2.24, 2.45) is 5.10 Å². The molecule has 2 aromatic heterocycles. The highest BCUT2D eigenvalue weighted by atomic mass is 32.1. The van der Waals surface area contributed by atoms with E-state index in [9.17, 15) is 0 Å². The smallest absolute Gasteiger partial charge is 0.204 e. The van der Waals surface area contributed by atoms with Gasteiger partial charge in [-0.25, -0.2) is 4.98 Å². The maximum atomic E-state index is 4.48. The number of aromatic nitrogens is 2. The van der Waals surface area contributed by atoms with Gasteiger partial charge in [0.15, 0.2) is 0 Å². The van der Waals surface area contributed by atoms with Gasteiger partial charge < -0.3 is 4.98 Å². The van der Waals surface area contributed by atoms with Crippen LogP contribution in [0.5, 0.6) is 0 Å². The molecule has 0 amide bonds. The SMILES string of the molecule is C(=NNc1nc2ccccc2s1)c1c[nH]c2ccccc12. The molecule has 0 radical (unpaired) electrons. The fourth-order valence-corrected chi connectivity index (χ4v) is 3.09. The van der Waals surface area contributed by atoms with Crippen molar-refractivity contribution in [3.05, 3.63) is 60.3 Å². The lowest BCUT2D eigenvalue weighted by Crippen LogP contribution is -1.88. The van der Waals surface area contributed by atoms with Crippen molar-refractivity contribution < 1.29 is 0 Å². The van der Waals surface area contributed by atoms with Gasteiger partial charge in [0.05, 0.1) is 16.4 Å². The number of fused-ring (bicyclic) bond motifs is 2. The monoisotopic (exact) mass is 292 g/mol. The Morgan fingerprint density at radius 2 is 1.95 bits per heavy atom. The Hall–Kier alpha value is -2.66. The number of para-hydroxylation sites is 2. The number of hydrogen-bond donors (Lipinski definition) is 2. The molecule has 4 aromatic rings. The summed E-state index contributed by atoms with van der Waals surface area (Å²) in [6.07, 6.45) is 3.76. The molecule has 2 N–H and O–H groups in total. The van der Waals surface area contributed by atoms with Crippen molar-refractivity contribution in [3.8, 4) is 0 Å². The van der Waals surface area contributed by atoms with Gasteiger partial charge in [0, 0.05) is 22.7 Å². The van der Waals surface area contributed by atoms with Crippen LogP contribution in [-0.2, 0) is 0 Å². The molecule has 0 spiro atoms. The highest BCUT2D eigenvalue weighted by Gasteiger charge is 2.02. The van der Waals surface area contributed by atoms with Crippen LogP contribution in [0.25, 0.3) is 21.1 Å². The van der Waals surface area contributed by atoms with E-state index in [1.807, 2.05) is 48.8 Å². The maximum absolute atomic E-state index is 4.48. The molecule has 5 heteroatoms. The summed E-state index contributed by atoms with van der Waals surface area (Å²) in [6, 6.07) is 16.2. The summed E-state index contributed by atoms with van der Waals surface area (Å²) < 4.78 is 1.15. The minimum absolute atomic E-state index is 0.798. The third-order valence-electron chi connectivity index (χ3n) is 3.28. The standard InChI is InChI=1S/C16H12N4S/c1-2-6-13-12(5-1)11(9-17-13)10-18-20-16-19-14-7-3-4-8-15(14)21-16/h1-10,17H,(H,19,20). The molecule has 2 heterocycles. The minimum Gasteiger partial charge on any atom is -0.361 e. The molecule has 0 aliphatic carbocycles. The number of aromatic amines is 1. The first kappa shape index (κ1) is 12.1. The lowest BCUT2D eigenvalue weighted by Gasteiger charge is -1.92. The lowest BCUT2D eigenvalue weighted by atomic mass is 10.2. The molecular weight excluding hydrogens is 280 g/mol. The summed E-state index contributed by atoms with van der Waals surface area (Å²) in [4.78, 5) is 7.71. The van der Waals surface area contributed by atoms with Crippen LogP contribution in [0.1, 0.15) is 5.56 Å². The van der Waals surface area contributed by atoms with E-state index >= 15 is 0 Å². The zero-order valence-electron chi connectivity index (χ0n) is 11.1. The number of hydrazone groups is 1. The van der Waals surface area contributed by atoms with E-state index in [0.29, 0.717) is 0 Å². The molecule has 4 rings (SSSR count). The topological polar surface area (TPSA) is 53.1 Å². The predicted molar refractivity (Wildman–Crippen MR) is 89.1 cm³/mol. The number of H-pyrrole nitrogens is 1. The average molecular weight is 292 g/mol. The Morgan fingerprint density at radius 1 is 1.10 bits per heavy atom. The van der Waals surface area contributed by atoms with Crippen LogP contribution in [0.3, 0.4) is 0 Å². The zero-order chi connectivity index (χ0) is 14.1. The van der Waals surface area contributed by atoms with Crippen molar-refractivity contribution in [1.29, 1.82) is 0 Å². The van der Waals surface area contributed by atoms with Gasteiger partial charge in [0.1, 0.15) is 0 Å². The molecule has 0 bridgehead atoms. The second-order valence-corrected chi connectivity index (χ2v) is 5.68. The molecule has 21 heavy (non-hydrogen) atoms. The fourth-order valence-electron chi connectivity index (χ4n) is 2.28. The molecule has 4 nitrogen and oxygen atoms in total. The predicted octanol–water partition coefficient (Wildman–Crippen LogP) is 4.22. The number of nitrogens with one attached hydrogen (secondary N) is 2. The Balaban J connectivity index is 1.58. The quantitative estimate of drug-likeness (QED) is 0.438. The normalized spacial score (nSPS) is 11.6. The molecule has 0 saturated heterocycles. The first-order valence-electron chi connectivity index (χ1n) is 6.61. The van der Waals surface area contributed by atoms with Crippen molar-refractivity contribution in [2.75, 3.05) is 5.43 Å². The molecule has 0 saturated carbocycles. The Kier molecular flexibility index (Phi) is 2.90. The van der Waals surface area contributed by atoms with Gasteiger partial charge in [-0.15, -0.1) is 0 Å². The van der Waals surface area contributed by atoms with Gasteiger partial charge in [-0.3, -0.25) is 5.43 Å². The first-order chi connectivity index (χ1) is 10.4. The molecule has 0 fully saturated rings. The third kappa shape index (κ3) is 2.28. The highest BCUT2D eigenvalue weighted by Crippen LogP contribution is 2.25.